The van der Waals surface area contributed by atoms with E-state index in [2.05, 4.69) is 31.0 Å². The van der Waals surface area contributed by atoms with Gasteiger partial charge in [0.1, 0.15) is 0 Å². The van der Waals surface area contributed by atoms with Gasteiger partial charge in [-0.25, -0.2) is 0 Å². The number of para-hydroxylation sites is 1. The molecule has 0 aliphatic carbocycles. The SMILES string of the molecule is CCC(C#N)(CCCN(C)CCc1cccc(OC)c1OC)c1ccc(OC)c(OC)c1. The summed E-state index contributed by atoms with van der Waals surface area (Å²) in [5, 5.41) is 10.1. The van der Waals surface area contributed by atoms with E-state index in [0.717, 1.165) is 61.4 Å². The van der Waals surface area contributed by atoms with Gasteiger partial charge in [0.05, 0.1) is 39.9 Å². The Kier molecular flexibility index (Phi) is 9.67. The lowest BCUT2D eigenvalue weighted by Crippen LogP contribution is -2.27. The third-order valence-corrected chi connectivity index (χ3v) is 6.14. The van der Waals surface area contributed by atoms with Gasteiger partial charge in [-0.05, 0) is 68.6 Å². The van der Waals surface area contributed by atoms with Crippen LogP contribution in [0.5, 0.6) is 23.0 Å². The van der Waals surface area contributed by atoms with Gasteiger partial charge in [0, 0.05) is 6.54 Å². The zero-order valence-corrected chi connectivity index (χ0v) is 20.2. The van der Waals surface area contributed by atoms with Crippen molar-refractivity contribution in [3.8, 4) is 29.1 Å². The Hall–Kier alpha value is -2.91. The Morgan fingerprint density at radius 1 is 0.906 bits per heavy atom. The van der Waals surface area contributed by atoms with Crippen molar-refractivity contribution in [2.45, 2.75) is 38.0 Å². The molecule has 0 saturated heterocycles. The van der Waals surface area contributed by atoms with Crippen LogP contribution in [-0.4, -0.2) is 53.5 Å². The van der Waals surface area contributed by atoms with Crippen LogP contribution in [0.2, 0.25) is 0 Å². The molecular weight excluding hydrogens is 404 g/mol. The van der Waals surface area contributed by atoms with Gasteiger partial charge >= 0.3 is 0 Å². The van der Waals surface area contributed by atoms with Crippen molar-refractivity contribution in [1.29, 1.82) is 5.26 Å². The molecule has 0 fully saturated rings. The van der Waals surface area contributed by atoms with E-state index in [-0.39, 0.29) is 0 Å². The number of likely N-dealkylation sites (N-methyl/N-ethyl adjacent to an activating group) is 1. The third kappa shape index (κ3) is 5.86. The quantitative estimate of drug-likeness (QED) is 0.444. The molecule has 174 valence electrons. The highest BCUT2D eigenvalue weighted by molar-refractivity contribution is 5.47. The Labute approximate surface area is 192 Å². The molecule has 0 bridgehead atoms. The molecule has 0 aliphatic heterocycles. The van der Waals surface area contributed by atoms with Gasteiger partial charge in [0.25, 0.3) is 0 Å². The molecule has 0 saturated carbocycles. The Bertz CT molecular complexity index is 909. The van der Waals surface area contributed by atoms with Gasteiger partial charge in [-0.1, -0.05) is 25.1 Å². The summed E-state index contributed by atoms with van der Waals surface area (Å²) in [7, 11) is 8.68. The standard InChI is InChI=1S/C26H36N2O4/c1-7-26(19-27,21-12-13-22(29-3)24(18-21)31-5)15-9-16-28(2)17-14-20-10-8-11-23(30-4)25(20)32-6/h8,10-13,18H,7,9,14-17H2,1-6H3. The van der Waals surface area contributed by atoms with Gasteiger partial charge in [-0.3, -0.25) is 0 Å². The van der Waals surface area contributed by atoms with Crippen molar-refractivity contribution >= 4 is 0 Å². The van der Waals surface area contributed by atoms with Crippen LogP contribution in [0.4, 0.5) is 0 Å². The Morgan fingerprint density at radius 3 is 2.22 bits per heavy atom. The molecule has 0 aromatic heterocycles. The summed E-state index contributed by atoms with van der Waals surface area (Å²) >= 11 is 0. The number of hydrogen-bond acceptors (Lipinski definition) is 6. The highest BCUT2D eigenvalue weighted by Gasteiger charge is 2.31. The van der Waals surface area contributed by atoms with Crippen LogP contribution in [0.3, 0.4) is 0 Å². The summed E-state index contributed by atoms with van der Waals surface area (Å²) in [6.45, 7) is 3.87. The van der Waals surface area contributed by atoms with Crippen LogP contribution in [0.25, 0.3) is 0 Å². The van der Waals surface area contributed by atoms with Gasteiger partial charge in [0.15, 0.2) is 23.0 Å². The molecule has 1 unspecified atom stereocenters. The van der Waals surface area contributed by atoms with Gasteiger partial charge in [-0.15, -0.1) is 0 Å². The van der Waals surface area contributed by atoms with Crippen LogP contribution in [-0.2, 0) is 11.8 Å². The van der Waals surface area contributed by atoms with Gasteiger partial charge in [-0.2, -0.15) is 5.26 Å². The Morgan fingerprint density at radius 2 is 1.62 bits per heavy atom. The first-order chi connectivity index (χ1) is 15.5. The second-order valence-electron chi connectivity index (χ2n) is 7.93. The zero-order chi connectivity index (χ0) is 23.6. The monoisotopic (exact) mass is 440 g/mol. The molecule has 6 nitrogen and oxygen atoms in total. The number of rotatable bonds is 13. The molecule has 32 heavy (non-hydrogen) atoms. The average molecular weight is 441 g/mol. The number of hydrogen-bond donors (Lipinski definition) is 0. The van der Waals surface area contributed by atoms with Crippen molar-refractivity contribution < 1.29 is 18.9 Å². The second kappa shape index (κ2) is 12.2. The van der Waals surface area contributed by atoms with Crippen LogP contribution >= 0.6 is 0 Å². The molecule has 2 aromatic carbocycles. The summed E-state index contributed by atoms with van der Waals surface area (Å²) in [6, 6.07) is 14.3. The highest BCUT2D eigenvalue weighted by Crippen LogP contribution is 2.38. The number of ether oxygens (including phenoxy) is 4. The predicted molar refractivity (Wildman–Crippen MR) is 127 cm³/mol. The second-order valence-corrected chi connectivity index (χ2v) is 7.93. The average Bonchev–Trinajstić information content (AvgIpc) is 2.84. The number of methoxy groups -OCH3 is 4. The molecule has 0 N–H and O–H groups in total. The van der Waals surface area contributed by atoms with E-state index < -0.39 is 5.41 Å². The molecule has 2 rings (SSSR count). The summed E-state index contributed by atoms with van der Waals surface area (Å²) < 4.78 is 21.7. The first kappa shape index (κ1) is 25.4. The van der Waals surface area contributed by atoms with E-state index in [1.54, 1.807) is 28.4 Å². The third-order valence-electron chi connectivity index (χ3n) is 6.14. The van der Waals surface area contributed by atoms with E-state index in [4.69, 9.17) is 18.9 Å². The molecule has 2 aromatic rings. The fourth-order valence-electron chi connectivity index (χ4n) is 4.08. The molecule has 0 aliphatic rings. The van der Waals surface area contributed by atoms with Crippen molar-refractivity contribution in [3.05, 3.63) is 47.5 Å². The lowest BCUT2D eigenvalue weighted by Gasteiger charge is -2.28. The Balaban J connectivity index is 2.00. The fourth-order valence-corrected chi connectivity index (χ4v) is 4.08. The van der Waals surface area contributed by atoms with E-state index in [1.165, 1.54) is 0 Å². The van der Waals surface area contributed by atoms with Crippen LogP contribution in [0.1, 0.15) is 37.3 Å². The van der Waals surface area contributed by atoms with Crippen LogP contribution in [0.15, 0.2) is 36.4 Å². The maximum Gasteiger partial charge on any atom is 0.163 e. The minimum Gasteiger partial charge on any atom is -0.493 e. The molecular formula is C26H36N2O4. The van der Waals surface area contributed by atoms with Crippen molar-refractivity contribution in [2.75, 3.05) is 48.6 Å². The van der Waals surface area contributed by atoms with E-state index in [9.17, 15) is 5.26 Å². The largest absolute Gasteiger partial charge is 0.493 e. The van der Waals surface area contributed by atoms with Crippen molar-refractivity contribution in [2.24, 2.45) is 0 Å². The molecule has 6 heteroatoms. The minimum absolute atomic E-state index is 0.545. The van der Waals surface area contributed by atoms with Gasteiger partial charge in [0.2, 0.25) is 0 Å². The molecule has 0 radical (unpaired) electrons. The lowest BCUT2D eigenvalue weighted by atomic mass is 9.75. The summed E-state index contributed by atoms with van der Waals surface area (Å²) in [6.07, 6.45) is 3.30. The molecule has 1 atom stereocenters. The number of nitriles is 1. The lowest BCUT2D eigenvalue weighted by molar-refractivity contribution is 0.309. The van der Waals surface area contributed by atoms with Crippen LogP contribution < -0.4 is 18.9 Å². The summed E-state index contributed by atoms with van der Waals surface area (Å²) in [5.74, 6) is 2.88. The molecule has 0 amide bonds. The maximum absolute atomic E-state index is 10.1. The predicted octanol–water partition coefficient (Wildman–Crippen LogP) is 4.85. The number of benzene rings is 2. The fraction of sp³-hybridized carbons (Fsp3) is 0.500. The zero-order valence-electron chi connectivity index (χ0n) is 20.2. The normalized spacial score (nSPS) is 12.7. The first-order valence-corrected chi connectivity index (χ1v) is 11.0. The molecule has 0 heterocycles. The highest BCUT2D eigenvalue weighted by atomic mass is 16.5. The van der Waals surface area contributed by atoms with E-state index in [0.29, 0.717) is 11.5 Å². The van der Waals surface area contributed by atoms with Crippen molar-refractivity contribution in [1.82, 2.24) is 4.90 Å². The first-order valence-electron chi connectivity index (χ1n) is 11.0. The molecule has 0 spiro atoms. The van der Waals surface area contributed by atoms with E-state index in [1.807, 2.05) is 30.3 Å². The van der Waals surface area contributed by atoms with Crippen molar-refractivity contribution in [3.63, 3.8) is 0 Å². The smallest absolute Gasteiger partial charge is 0.163 e. The summed E-state index contributed by atoms with van der Waals surface area (Å²) in [4.78, 5) is 2.30. The van der Waals surface area contributed by atoms with Gasteiger partial charge < -0.3 is 23.8 Å². The number of nitrogens with zero attached hydrogens (tertiary/aromatic N) is 2. The maximum atomic E-state index is 10.1. The summed E-state index contributed by atoms with van der Waals surface area (Å²) in [5.41, 5.74) is 1.56. The minimum atomic E-state index is -0.545. The topological polar surface area (TPSA) is 64.0 Å². The van der Waals surface area contributed by atoms with E-state index >= 15 is 0 Å². The van der Waals surface area contributed by atoms with Crippen LogP contribution in [0, 0.1) is 11.3 Å².